The third-order valence-corrected chi connectivity index (χ3v) is 0.846. The number of hydrogen-bond donors (Lipinski definition) is 3. The van der Waals surface area contributed by atoms with Gasteiger partial charge in [0.2, 0.25) is 0 Å². The zero-order valence-corrected chi connectivity index (χ0v) is 5.54. The van der Waals surface area contributed by atoms with E-state index in [2.05, 4.69) is 5.32 Å². The Morgan fingerprint density at radius 3 is 1.80 bits per heavy atom. The highest BCUT2D eigenvalue weighted by atomic mass is 16.6. The van der Waals surface area contributed by atoms with Crippen molar-refractivity contribution >= 4 is 6.16 Å². The predicted octanol–water partition coefficient (Wildman–Crippen LogP) is -0.171. The average molecular weight is 149 g/mol. The molecule has 0 saturated carbocycles. The maximum atomic E-state index is 8.56. The highest BCUT2D eigenvalue weighted by Crippen LogP contribution is 1.76. The second-order valence-electron chi connectivity index (χ2n) is 1.64. The maximum Gasteiger partial charge on any atom is 0.503 e. The monoisotopic (exact) mass is 149 g/mol. The van der Waals surface area contributed by atoms with Gasteiger partial charge in [-0.2, -0.15) is 0 Å². The number of morpholine rings is 1. The minimum absolute atomic E-state index is 0.889. The van der Waals surface area contributed by atoms with E-state index < -0.39 is 6.16 Å². The summed E-state index contributed by atoms with van der Waals surface area (Å²) in [6.45, 7) is 3.83. The van der Waals surface area contributed by atoms with Crippen molar-refractivity contribution in [3.05, 3.63) is 0 Å². The Morgan fingerprint density at radius 1 is 1.30 bits per heavy atom. The van der Waals surface area contributed by atoms with Crippen molar-refractivity contribution in [1.29, 1.82) is 0 Å². The summed E-state index contributed by atoms with van der Waals surface area (Å²) in [5.74, 6) is 0. The van der Waals surface area contributed by atoms with Gasteiger partial charge in [0.05, 0.1) is 13.2 Å². The molecule has 3 N–H and O–H groups in total. The summed E-state index contributed by atoms with van der Waals surface area (Å²) in [6.07, 6.45) is -1.83. The summed E-state index contributed by atoms with van der Waals surface area (Å²) in [6, 6.07) is 0. The van der Waals surface area contributed by atoms with Gasteiger partial charge in [0.15, 0.2) is 0 Å². The van der Waals surface area contributed by atoms with E-state index in [4.69, 9.17) is 19.7 Å². The first-order valence-corrected chi connectivity index (χ1v) is 2.94. The van der Waals surface area contributed by atoms with E-state index in [1.54, 1.807) is 0 Å². The Hall–Kier alpha value is -0.810. The topological polar surface area (TPSA) is 78.8 Å². The van der Waals surface area contributed by atoms with Crippen LogP contribution in [0.4, 0.5) is 4.79 Å². The van der Waals surface area contributed by atoms with Gasteiger partial charge in [-0.25, -0.2) is 4.79 Å². The van der Waals surface area contributed by atoms with Gasteiger partial charge in [0, 0.05) is 13.1 Å². The molecule has 1 aliphatic rings. The summed E-state index contributed by atoms with van der Waals surface area (Å²) >= 11 is 0. The largest absolute Gasteiger partial charge is 0.503 e. The molecule has 1 heterocycles. The molecule has 10 heavy (non-hydrogen) atoms. The number of ether oxygens (including phenoxy) is 1. The molecule has 60 valence electrons. The van der Waals surface area contributed by atoms with E-state index >= 15 is 0 Å². The van der Waals surface area contributed by atoms with E-state index in [1.807, 2.05) is 0 Å². The van der Waals surface area contributed by atoms with Gasteiger partial charge in [0.1, 0.15) is 0 Å². The van der Waals surface area contributed by atoms with Crippen LogP contribution in [0.2, 0.25) is 0 Å². The van der Waals surface area contributed by atoms with Gasteiger partial charge in [-0.1, -0.05) is 0 Å². The van der Waals surface area contributed by atoms with Crippen LogP contribution in [0.3, 0.4) is 0 Å². The second-order valence-corrected chi connectivity index (χ2v) is 1.64. The van der Waals surface area contributed by atoms with E-state index in [-0.39, 0.29) is 0 Å². The lowest BCUT2D eigenvalue weighted by atomic mass is 10.5. The van der Waals surface area contributed by atoms with Crippen LogP contribution in [-0.4, -0.2) is 42.7 Å². The average Bonchev–Trinajstić information content (AvgIpc) is 1.90. The lowest BCUT2D eigenvalue weighted by Gasteiger charge is -2.10. The first-order valence-electron chi connectivity index (χ1n) is 2.94. The highest BCUT2D eigenvalue weighted by Gasteiger charge is 1.92. The van der Waals surface area contributed by atoms with Crippen molar-refractivity contribution in [3.8, 4) is 0 Å². The molecule has 0 aromatic rings. The van der Waals surface area contributed by atoms with Crippen LogP contribution in [0.1, 0.15) is 0 Å². The summed E-state index contributed by atoms with van der Waals surface area (Å²) < 4.78 is 5.01. The molecule has 1 saturated heterocycles. The molecular weight excluding hydrogens is 138 g/mol. The van der Waals surface area contributed by atoms with Crippen molar-refractivity contribution in [1.82, 2.24) is 5.32 Å². The third kappa shape index (κ3) is 10.2. The van der Waals surface area contributed by atoms with Crippen LogP contribution in [0.25, 0.3) is 0 Å². The lowest BCUT2D eigenvalue weighted by molar-refractivity contribution is 0.109. The Kier molecular flexibility index (Phi) is 5.80. The van der Waals surface area contributed by atoms with E-state index in [1.165, 1.54) is 0 Å². The van der Waals surface area contributed by atoms with Gasteiger partial charge < -0.3 is 20.3 Å². The minimum atomic E-state index is -1.83. The van der Waals surface area contributed by atoms with Crippen molar-refractivity contribution in [2.75, 3.05) is 26.3 Å². The molecule has 5 nitrogen and oxygen atoms in total. The first kappa shape index (κ1) is 9.19. The number of hydrogen-bond acceptors (Lipinski definition) is 3. The highest BCUT2D eigenvalue weighted by molar-refractivity contribution is 5.53. The molecule has 1 rings (SSSR count). The van der Waals surface area contributed by atoms with Crippen LogP contribution in [0.15, 0.2) is 0 Å². The Balaban J connectivity index is 0.000000180. The number of carboxylic acid groups (broad SMARTS) is 2. The molecule has 0 aliphatic carbocycles. The van der Waals surface area contributed by atoms with Crippen molar-refractivity contribution in [2.24, 2.45) is 0 Å². The fraction of sp³-hybridized carbons (Fsp3) is 0.800. The Morgan fingerprint density at radius 2 is 1.70 bits per heavy atom. The van der Waals surface area contributed by atoms with Crippen LogP contribution in [0, 0.1) is 0 Å². The van der Waals surface area contributed by atoms with E-state index in [0.29, 0.717) is 0 Å². The minimum Gasteiger partial charge on any atom is -0.450 e. The molecule has 0 aromatic carbocycles. The summed E-state index contributed by atoms with van der Waals surface area (Å²) in [5, 5.41) is 17.1. The van der Waals surface area contributed by atoms with Gasteiger partial charge in [-0.15, -0.1) is 0 Å². The number of carbonyl (C=O) groups is 1. The van der Waals surface area contributed by atoms with Gasteiger partial charge in [-0.3, -0.25) is 0 Å². The fourth-order valence-corrected chi connectivity index (χ4v) is 0.516. The molecule has 0 spiro atoms. The van der Waals surface area contributed by atoms with Crippen LogP contribution < -0.4 is 5.32 Å². The quantitative estimate of drug-likeness (QED) is 0.445. The molecule has 1 fully saturated rings. The summed E-state index contributed by atoms with van der Waals surface area (Å²) in [7, 11) is 0. The fourth-order valence-electron chi connectivity index (χ4n) is 0.516. The van der Waals surface area contributed by atoms with Gasteiger partial charge in [0.25, 0.3) is 0 Å². The molecule has 0 radical (unpaired) electrons. The normalized spacial score (nSPS) is 16.8. The van der Waals surface area contributed by atoms with Gasteiger partial charge in [-0.05, 0) is 0 Å². The summed E-state index contributed by atoms with van der Waals surface area (Å²) in [5.41, 5.74) is 0. The molecule has 0 unspecified atom stereocenters. The molecule has 0 aromatic heterocycles. The standard InChI is InChI=1S/C4H9NO.CH2O3/c1-3-6-4-2-5-1;2-1(3)4/h5H,1-4H2;(H2,2,3,4). The molecule has 0 bridgehead atoms. The smallest absolute Gasteiger partial charge is 0.450 e. The zero-order valence-electron chi connectivity index (χ0n) is 5.54. The SMILES string of the molecule is C1COCCN1.O=C(O)O. The van der Waals surface area contributed by atoms with Crippen molar-refractivity contribution in [3.63, 3.8) is 0 Å². The lowest BCUT2D eigenvalue weighted by Crippen LogP contribution is -2.30. The van der Waals surface area contributed by atoms with E-state index in [9.17, 15) is 0 Å². The Bertz CT molecular complexity index is 76.1. The second kappa shape index (κ2) is 6.31. The van der Waals surface area contributed by atoms with Crippen molar-refractivity contribution < 1.29 is 19.7 Å². The zero-order chi connectivity index (χ0) is 7.82. The molecule has 0 atom stereocenters. The predicted molar refractivity (Wildman–Crippen MR) is 34.3 cm³/mol. The first-order chi connectivity index (χ1) is 4.73. The third-order valence-electron chi connectivity index (χ3n) is 0.846. The van der Waals surface area contributed by atoms with E-state index in [0.717, 1.165) is 26.3 Å². The van der Waals surface area contributed by atoms with Gasteiger partial charge >= 0.3 is 6.16 Å². The molecule has 0 amide bonds. The molecule has 1 aliphatic heterocycles. The molecule has 5 heteroatoms. The van der Waals surface area contributed by atoms with Crippen LogP contribution in [0.5, 0.6) is 0 Å². The van der Waals surface area contributed by atoms with Crippen LogP contribution in [-0.2, 0) is 4.74 Å². The summed E-state index contributed by atoms with van der Waals surface area (Å²) in [4.78, 5) is 8.56. The van der Waals surface area contributed by atoms with Crippen LogP contribution >= 0.6 is 0 Å². The van der Waals surface area contributed by atoms with Crippen molar-refractivity contribution in [2.45, 2.75) is 0 Å². The maximum absolute atomic E-state index is 8.56. The number of nitrogens with one attached hydrogen (secondary N) is 1. The molecular formula is C5H11NO4. The number of rotatable bonds is 0. The Labute approximate surface area is 58.6 Å².